The van der Waals surface area contributed by atoms with E-state index in [0.717, 1.165) is 26.8 Å². The third-order valence-corrected chi connectivity index (χ3v) is 5.15. The number of hydrogen-bond acceptors (Lipinski definition) is 5. The molecule has 126 valence electrons. The Morgan fingerprint density at radius 3 is 2.56 bits per heavy atom. The van der Waals surface area contributed by atoms with E-state index in [1.165, 1.54) is 12.1 Å². The van der Waals surface area contributed by atoms with Gasteiger partial charge in [-0.25, -0.2) is 0 Å². The molecule has 1 heterocycles. The standard InChI is InChI=1S/C17H11BrN2O3S2/c18-11-7-5-10(6-8-11)9-14-16(23)20(17(24)25-14)19-15(22)12-3-1-2-4-13(12)21/h1-9,21H,(H,19,22)/b14-9-. The summed E-state index contributed by atoms with van der Waals surface area (Å²) in [7, 11) is 0. The van der Waals surface area contributed by atoms with Crippen molar-refractivity contribution in [3.05, 3.63) is 69.0 Å². The molecule has 0 atom stereocenters. The Labute approximate surface area is 161 Å². The zero-order valence-corrected chi connectivity index (χ0v) is 15.8. The van der Waals surface area contributed by atoms with E-state index in [0.29, 0.717) is 4.91 Å². The first-order chi connectivity index (χ1) is 12.0. The number of phenols is 1. The lowest BCUT2D eigenvalue weighted by Crippen LogP contribution is -2.44. The fourth-order valence-electron chi connectivity index (χ4n) is 2.10. The monoisotopic (exact) mass is 434 g/mol. The van der Waals surface area contributed by atoms with Crippen molar-refractivity contribution in [3.63, 3.8) is 0 Å². The van der Waals surface area contributed by atoms with Gasteiger partial charge in [-0.3, -0.25) is 15.0 Å². The fraction of sp³-hybridized carbons (Fsp3) is 0. The number of hydrazine groups is 1. The lowest BCUT2D eigenvalue weighted by atomic mass is 10.2. The number of aromatic hydroxyl groups is 1. The zero-order chi connectivity index (χ0) is 18.0. The number of nitrogens with zero attached hydrogens (tertiary/aromatic N) is 1. The Hall–Kier alpha value is -2.16. The van der Waals surface area contributed by atoms with Gasteiger partial charge in [0, 0.05) is 4.47 Å². The van der Waals surface area contributed by atoms with Crippen molar-refractivity contribution >= 4 is 62.1 Å². The summed E-state index contributed by atoms with van der Waals surface area (Å²) >= 11 is 9.63. The highest BCUT2D eigenvalue weighted by molar-refractivity contribution is 9.10. The number of benzene rings is 2. The normalized spacial score (nSPS) is 15.7. The predicted octanol–water partition coefficient (Wildman–Crippen LogP) is 3.70. The van der Waals surface area contributed by atoms with E-state index in [1.807, 2.05) is 24.3 Å². The topological polar surface area (TPSA) is 69.6 Å². The Bertz CT molecular complexity index is 897. The summed E-state index contributed by atoms with van der Waals surface area (Å²) in [6, 6.07) is 13.5. The lowest BCUT2D eigenvalue weighted by Gasteiger charge is -2.16. The van der Waals surface area contributed by atoms with Gasteiger partial charge in [0.15, 0.2) is 4.32 Å². The van der Waals surface area contributed by atoms with Crippen LogP contribution in [0.3, 0.4) is 0 Å². The number of halogens is 1. The first-order valence-corrected chi connectivity index (χ1v) is 9.10. The van der Waals surface area contributed by atoms with Gasteiger partial charge in [-0.15, -0.1) is 0 Å². The molecule has 1 aliphatic rings. The van der Waals surface area contributed by atoms with Crippen LogP contribution in [0.25, 0.3) is 6.08 Å². The molecule has 5 nitrogen and oxygen atoms in total. The predicted molar refractivity (Wildman–Crippen MR) is 105 cm³/mol. The maximum Gasteiger partial charge on any atom is 0.285 e. The van der Waals surface area contributed by atoms with E-state index in [2.05, 4.69) is 21.4 Å². The number of hydrogen-bond donors (Lipinski definition) is 2. The molecule has 2 N–H and O–H groups in total. The van der Waals surface area contributed by atoms with Crippen molar-refractivity contribution in [1.29, 1.82) is 0 Å². The van der Waals surface area contributed by atoms with Crippen LogP contribution in [-0.2, 0) is 4.79 Å². The molecular weight excluding hydrogens is 424 g/mol. The maximum atomic E-state index is 12.5. The van der Waals surface area contributed by atoms with Crippen LogP contribution < -0.4 is 5.43 Å². The van der Waals surface area contributed by atoms with E-state index in [9.17, 15) is 14.7 Å². The first kappa shape index (κ1) is 17.7. The Morgan fingerprint density at radius 1 is 1.20 bits per heavy atom. The molecule has 0 spiro atoms. The van der Waals surface area contributed by atoms with Gasteiger partial charge in [-0.2, -0.15) is 5.01 Å². The van der Waals surface area contributed by atoms with E-state index >= 15 is 0 Å². The second-order valence-corrected chi connectivity index (χ2v) is 7.62. The summed E-state index contributed by atoms with van der Waals surface area (Å²) in [4.78, 5) is 25.2. The van der Waals surface area contributed by atoms with Crippen LogP contribution in [0.15, 0.2) is 57.9 Å². The highest BCUT2D eigenvalue weighted by Gasteiger charge is 2.34. The van der Waals surface area contributed by atoms with Crippen LogP contribution in [-0.4, -0.2) is 26.3 Å². The van der Waals surface area contributed by atoms with Gasteiger partial charge in [-0.05, 0) is 48.1 Å². The number of carbonyl (C=O) groups excluding carboxylic acids is 2. The van der Waals surface area contributed by atoms with Gasteiger partial charge >= 0.3 is 0 Å². The van der Waals surface area contributed by atoms with Crippen LogP contribution in [0.4, 0.5) is 0 Å². The third-order valence-electron chi connectivity index (χ3n) is 3.32. The number of thioether (sulfide) groups is 1. The summed E-state index contributed by atoms with van der Waals surface area (Å²) in [5.74, 6) is -1.20. The van der Waals surface area contributed by atoms with Crippen molar-refractivity contribution in [2.45, 2.75) is 0 Å². The molecule has 2 aromatic carbocycles. The van der Waals surface area contributed by atoms with Crippen LogP contribution in [0, 0.1) is 0 Å². The number of nitrogens with one attached hydrogen (secondary N) is 1. The van der Waals surface area contributed by atoms with E-state index in [4.69, 9.17) is 12.2 Å². The Kier molecular flexibility index (Phi) is 5.22. The van der Waals surface area contributed by atoms with E-state index < -0.39 is 11.8 Å². The fourth-order valence-corrected chi connectivity index (χ4v) is 3.55. The van der Waals surface area contributed by atoms with Crippen molar-refractivity contribution in [1.82, 2.24) is 10.4 Å². The Morgan fingerprint density at radius 2 is 1.88 bits per heavy atom. The highest BCUT2D eigenvalue weighted by atomic mass is 79.9. The molecule has 0 aromatic heterocycles. The summed E-state index contributed by atoms with van der Waals surface area (Å²) in [5.41, 5.74) is 3.34. The summed E-state index contributed by atoms with van der Waals surface area (Å²) < 4.78 is 1.16. The summed E-state index contributed by atoms with van der Waals surface area (Å²) in [6.07, 6.45) is 1.71. The average Bonchev–Trinajstić information content (AvgIpc) is 2.85. The summed E-state index contributed by atoms with van der Waals surface area (Å²) in [5, 5.41) is 10.8. The van der Waals surface area contributed by atoms with Crippen LogP contribution in [0.1, 0.15) is 15.9 Å². The first-order valence-electron chi connectivity index (χ1n) is 7.08. The molecule has 0 bridgehead atoms. The molecule has 0 radical (unpaired) electrons. The van der Waals surface area contributed by atoms with Gasteiger partial charge in [-0.1, -0.05) is 52.0 Å². The SMILES string of the molecule is O=C(NN1C(=O)/C(=C/c2ccc(Br)cc2)SC1=S)c1ccccc1O. The van der Waals surface area contributed by atoms with Crippen LogP contribution >= 0.6 is 39.9 Å². The molecule has 1 saturated heterocycles. The van der Waals surface area contributed by atoms with Gasteiger partial charge in [0.1, 0.15) is 5.75 Å². The smallest absolute Gasteiger partial charge is 0.285 e. The minimum Gasteiger partial charge on any atom is -0.507 e. The number of rotatable bonds is 3. The number of carbonyl (C=O) groups is 2. The number of phenolic OH excluding ortho intramolecular Hbond substituents is 1. The molecule has 0 unspecified atom stereocenters. The van der Waals surface area contributed by atoms with Gasteiger partial charge in [0.2, 0.25) is 0 Å². The van der Waals surface area contributed by atoms with E-state index in [-0.39, 0.29) is 15.6 Å². The summed E-state index contributed by atoms with van der Waals surface area (Å²) in [6.45, 7) is 0. The van der Waals surface area contributed by atoms with Crippen molar-refractivity contribution in [2.24, 2.45) is 0 Å². The van der Waals surface area contributed by atoms with Crippen LogP contribution in [0.2, 0.25) is 0 Å². The lowest BCUT2D eigenvalue weighted by molar-refractivity contribution is -0.123. The molecule has 2 aromatic rings. The number of para-hydroxylation sites is 1. The molecule has 2 amide bonds. The zero-order valence-electron chi connectivity index (χ0n) is 12.6. The molecule has 1 aliphatic heterocycles. The molecule has 1 fully saturated rings. The van der Waals surface area contributed by atoms with E-state index in [1.54, 1.807) is 18.2 Å². The second-order valence-electron chi connectivity index (χ2n) is 5.03. The second kappa shape index (κ2) is 7.38. The largest absolute Gasteiger partial charge is 0.507 e. The van der Waals surface area contributed by atoms with Gasteiger partial charge < -0.3 is 5.11 Å². The van der Waals surface area contributed by atoms with Crippen molar-refractivity contribution < 1.29 is 14.7 Å². The molecule has 25 heavy (non-hydrogen) atoms. The number of amides is 2. The van der Waals surface area contributed by atoms with Crippen LogP contribution in [0.5, 0.6) is 5.75 Å². The Balaban J connectivity index is 1.79. The van der Waals surface area contributed by atoms with Gasteiger partial charge in [0.05, 0.1) is 10.5 Å². The molecule has 3 rings (SSSR count). The highest BCUT2D eigenvalue weighted by Crippen LogP contribution is 2.31. The molecule has 0 saturated carbocycles. The number of thiocarbonyl (C=S) groups is 1. The molecular formula is C17H11BrN2O3S2. The minimum absolute atomic E-state index is 0.0634. The van der Waals surface area contributed by atoms with Crippen molar-refractivity contribution in [2.75, 3.05) is 0 Å². The maximum absolute atomic E-state index is 12.5. The third kappa shape index (κ3) is 3.92. The molecule has 8 heteroatoms. The van der Waals surface area contributed by atoms with Gasteiger partial charge in [0.25, 0.3) is 11.8 Å². The van der Waals surface area contributed by atoms with Crippen molar-refractivity contribution in [3.8, 4) is 5.75 Å². The minimum atomic E-state index is -0.612. The quantitative estimate of drug-likeness (QED) is 0.569. The average molecular weight is 435 g/mol. The molecule has 0 aliphatic carbocycles.